The van der Waals surface area contributed by atoms with Crippen LogP contribution in [0.15, 0.2) is 29.8 Å². The Bertz CT molecular complexity index is 466. The van der Waals surface area contributed by atoms with Crippen molar-refractivity contribution in [1.82, 2.24) is 0 Å². The van der Waals surface area contributed by atoms with Crippen LogP contribution < -0.4 is 4.74 Å². The van der Waals surface area contributed by atoms with Gasteiger partial charge in [-0.3, -0.25) is 0 Å². The lowest BCUT2D eigenvalue weighted by Gasteiger charge is -2.04. The highest BCUT2D eigenvalue weighted by atomic mass is 16.5. The molecule has 82 valence electrons. The molecule has 4 heteroatoms. The second-order valence-electron chi connectivity index (χ2n) is 3.15. The molecule has 0 unspecified atom stereocenters. The van der Waals surface area contributed by atoms with Crippen LogP contribution in [-0.2, 0) is 4.79 Å². The zero-order chi connectivity index (χ0) is 12.1. The molecule has 0 atom stereocenters. The number of aliphatic carboxylic acids is 1. The molecule has 0 saturated heterocycles. The van der Waals surface area contributed by atoms with Crippen LogP contribution in [0.1, 0.15) is 12.5 Å². The van der Waals surface area contributed by atoms with Crippen LogP contribution in [0.3, 0.4) is 0 Å². The fourth-order valence-corrected chi connectivity index (χ4v) is 1.28. The third kappa shape index (κ3) is 2.39. The number of ether oxygens (including phenoxy) is 1. The summed E-state index contributed by atoms with van der Waals surface area (Å²) < 4.78 is 4.99. The summed E-state index contributed by atoms with van der Waals surface area (Å²) in [5.41, 5.74) is 0.891. The van der Waals surface area contributed by atoms with E-state index in [1.807, 2.05) is 0 Å². The number of allylic oxidation sites excluding steroid dienone is 1. The van der Waals surface area contributed by atoms with Crippen molar-refractivity contribution in [3.05, 3.63) is 35.4 Å². The van der Waals surface area contributed by atoms with Gasteiger partial charge < -0.3 is 9.84 Å². The number of methoxy groups -OCH3 is 1. The Balaban J connectivity index is 3.18. The Morgan fingerprint density at radius 3 is 2.31 bits per heavy atom. The Morgan fingerprint density at radius 1 is 1.38 bits per heavy atom. The monoisotopic (exact) mass is 217 g/mol. The molecule has 16 heavy (non-hydrogen) atoms. The summed E-state index contributed by atoms with van der Waals surface area (Å²) in [6.45, 7) is 1.61. The van der Waals surface area contributed by atoms with Crippen LogP contribution in [0.4, 0.5) is 0 Å². The molecule has 0 fully saturated rings. The van der Waals surface area contributed by atoms with Gasteiger partial charge in [0.15, 0.2) is 0 Å². The maximum Gasteiger partial charge on any atom is 0.346 e. The molecule has 0 aliphatic rings. The van der Waals surface area contributed by atoms with Gasteiger partial charge in [-0.1, -0.05) is 12.1 Å². The van der Waals surface area contributed by atoms with Crippen LogP contribution in [-0.4, -0.2) is 18.2 Å². The summed E-state index contributed by atoms with van der Waals surface area (Å²) in [5.74, 6) is -0.527. The van der Waals surface area contributed by atoms with Gasteiger partial charge in [-0.25, -0.2) is 4.79 Å². The molecule has 0 aliphatic carbocycles. The van der Waals surface area contributed by atoms with E-state index in [-0.39, 0.29) is 5.57 Å². The number of benzene rings is 1. The molecule has 0 radical (unpaired) electrons. The average molecular weight is 217 g/mol. The highest BCUT2D eigenvalue weighted by molar-refractivity contribution is 6.00. The van der Waals surface area contributed by atoms with E-state index in [2.05, 4.69) is 0 Å². The van der Waals surface area contributed by atoms with E-state index in [4.69, 9.17) is 15.1 Å². The highest BCUT2D eigenvalue weighted by Gasteiger charge is 2.11. The molecule has 0 amide bonds. The fourth-order valence-electron chi connectivity index (χ4n) is 1.28. The molecule has 4 nitrogen and oxygen atoms in total. The summed E-state index contributed by atoms with van der Waals surface area (Å²) in [7, 11) is 1.55. The quantitative estimate of drug-likeness (QED) is 0.621. The topological polar surface area (TPSA) is 70.3 Å². The number of hydrogen-bond acceptors (Lipinski definition) is 3. The van der Waals surface area contributed by atoms with Crippen molar-refractivity contribution in [3.63, 3.8) is 0 Å². The molecule has 0 bridgehead atoms. The van der Waals surface area contributed by atoms with E-state index < -0.39 is 5.97 Å². The smallest absolute Gasteiger partial charge is 0.346 e. The first-order valence-electron chi connectivity index (χ1n) is 4.59. The Kier molecular flexibility index (Phi) is 3.67. The molecule has 0 aromatic heterocycles. The van der Waals surface area contributed by atoms with E-state index in [1.165, 1.54) is 0 Å². The van der Waals surface area contributed by atoms with Gasteiger partial charge in [-0.15, -0.1) is 0 Å². The summed E-state index contributed by atoms with van der Waals surface area (Å²) in [4.78, 5) is 10.8. The predicted molar refractivity (Wildman–Crippen MR) is 58.8 cm³/mol. The predicted octanol–water partition coefficient (Wildman–Crippen LogP) is 2.08. The fraction of sp³-hybridized carbons (Fsp3) is 0.167. The standard InChI is InChI=1S/C12H11NO3/c1-8(11(7-13)12(14)15)9-3-5-10(16-2)6-4-9/h3-6H,1-2H3,(H,14,15). The number of nitriles is 1. The molecule has 1 N–H and O–H groups in total. The first-order valence-corrected chi connectivity index (χ1v) is 4.59. The largest absolute Gasteiger partial charge is 0.497 e. The number of carbonyl (C=O) groups is 1. The van der Waals surface area contributed by atoms with Crippen molar-refractivity contribution < 1.29 is 14.6 Å². The SMILES string of the molecule is COc1ccc(C(C)=C(C#N)C(=O)O)cc1. The van der Waals surface area contributed by atoms with Crippen molar-refractivity contribution in [1.29, 1.82) is 5.26 Å². The minimum absolute atomic E-state index is 0.245. The summed E-state index contributed by atoms with van der Waals surface area (Å²) in [6, 6.07) is 8.55. The van der Waals surface area contributed by atoms with Gasteiger partial charge in [0.1, 0.15) is 17.4 Å². The minimum atomic E-state index is -1.21. The van der Waals surface area contributed by atoms with Gasteiger partial charge in [-0.2, -0.15) is 5.26 Å². The average Bonchev–Trinajstić information content (AvgIpc) is 2.29. The van der Waals surface area contributed by atoms with Crippen LogP contribution in [0, 0.1) is 11.3 Å². The molecule has 0 heterocycles. The van der Waals surface area contributed by atoms with Crippen molar-refractivity contribution in [2.45, 2.75) is 6.92 Å². The lowest BCUT2D eigenvalue weighted by atomic mass is 10.0. The number of rotatable bonds is 3. The first kappa shape index (κ1) is 11.8. The van der Waals surface area contributed by atoms with Gasteiger partial charge in [0, 0.05) is 0 Å². The van der Waals surface area contributed by atoms with E-state index in [9.17, 15) is 4.79 Å². The molecule has 1 aromatic carbocycles. The zero-order valence-electron chi connectivity index (χ0n) is 9.02. The van der Waals surface area contributed by atoms with Crippen LogP contribution in [0.25, 0.3) is 5.57 Å². The van der Waals surface area contributed by atoms with Crippen LogP contribution in [0.2, 0.25) is 0 Å². The molecular formula is C12H11NO3. The maximum atomic E-state index is 10.8. The van der Waals surface area contributed by atoms with Crippen molar-refractivity contribution >= 4 is 11.5 Å². The number of hydrogen-bond donors (Lipinski definition) is 1. The lowest BCUT2D eigenvalue weighted by Crippen LogP contribution is -2.00. The minimum Gasteiger partial charge on any atom is -0.497 e. The number of carboxylic acid groups (broad SMARTS) is 1. The molecule has 0 spiro atoms. The normalized spacial score (nSPS) is 11.3. The Labute approximate surface area is 93.4 Å². The van der Waals surface area contributed by atoms with Gasteiger partial charge in [0.25, 0.3) is 0 Å². The van der Waals surface area contributed by atoms with Crippen molar-refractivity contribution in [2.75, 3.05) is 7.11 Å². The van der Waals surface area contributed by atoms with Gasteiger partial charge in [-0.05, 0) is 30.2 Å². The van der Waals surface area contributed by atoms with E-state index >= 15 is 0 Å². The molecule has 1 rings (SSSR count). The summed E-state index contributed by atoms with van der Waals surface area (Å²) >= 11 is 0. The molecule has 0 aliphatic heterocycles. The maximum absolute atomic E-state index is 10.8. The Morgan fingerprint density at radius 2 is 1.94 bits per heavy atom. The lowest BCUT2D eigenvalue weighted by molar-refractivity contribution is -0.132. The number of carboxylic acids is 1. The van der Waals surface area contributed by atoms with Gasteiger partial charge in [0.05, 0.1) is 7.11 Å². The molecular weight excluding hydrogens is 206 g/mol. The third-order valence-corrected chi connectivity index (χ3v) is 2.22. The molecule has 0 saturated carbocycles. The van der Waals surface area contributed by atoms with Gasteiger partial charge in [0.2, 0.25) is 0 Å². The van der Waals surface area contributed by atoms with Crippen molar-refractivity contribution in [2.24, 2.45) is 0 Å². The van der Waals surface area contributed by atoms with Crippen LogP contribution in [0.5, 0.6) is 5.75 Å². The van der Waals surface area contributed by atoms with E-state index in [1.54, 1.807) is 44.4 Å². The summed E-state index contributed by atoms with van der Waals surface area (Å²) in [5, 5.41) is 17.5. The van der Waals surface area contributed by atoms with Crippen LogP contribution >= 0.6 is 0 Å². The van der Waals surface area contributed by atoms with Crippen molar-refractivity contribution in [3.8, 4) is 11.8 Å². The molecule has 1 aromatic rings. The Hall–Kier alpha value is -2.28. The second-order valence-corrected chi connectivity index (χ2v) is 3.15. The second kappa shape index (κ2) is 4.99. The van der Waals surface area contributed by atoms with E-state index in [0.29, 0.717) is 16.9 Å². The van der Waals surface area contributed by atoms with E-state index in [0.717, 1.165) is 0 Å². The first-order chi connectivity index (χ1) is 7.60. The third-order valence-electron chi connectivity index (χ3n) is 2.22. The summed E-state index contributed by atoms with van der Waals surface area (Å²) in [6.07, 6.45) is 0. The zero-order valence-corrected chi connectivity index (χ0v) is 9.02. The number of nitrogens with zero attached hydrogens (tertiary/aromatic N) is 1. The van der Waals surface area contributed by atoms with Gasteiger partial charge >= 0.3 is 5.97 Å². The highest BCUT2D eigenvalue weighted by Crippen LogP contribution is 2.21.